The fraction of sp³-hybridized carbons (Fsp3) is 0.240. The molecule has 2 heterocycles. The van der Waals surface area contributed by atoms with E-state index in [1.165, 1.54) is 0 Å². The lowest BCUT2D eigenvalue weighted by atomic mass is 10.2. The number of nitrogens with one attached hydrogen (secondary N) is 1. The van der Waals surface area contributed by atoms with E-state index in [-0.39, 0.29) is 12.5 Å². The normalized spacial score (nSPS) is 10.8. The lowest BCUT2D eigenvalue weighted by molar-refractivity contribution is 0.0949. The molecule has 4 rings (SSSR count). The van der Waals surface area contributed by atoms with E-state index in [1.807, 2.05) is 48.7 Å². The first kappa shape index (κ1) is 21.4. The van der Waals surface area contributed by atoms with Crippen LogP contribution in [0.2, 0.25) is 0 Å². The molecule has 0 radical (unpaired) electrons. The highest BCUT2D eigenvalue weighted by Gasteiger charge is 2.15. The Morgan fingerprint density at radius 2 is 1.75 bits per heavy atom. The van der Waals surface area contributed by atoms with E-state index in [2.05, 4.69) is 22.4 Å². The van der Waals surface area contributed by atoms with E-state index in [1.54, 1.807) is 24.4 Å². The third kappa shape index (κ3) is 4.72. The number of nitrogens with zero attached hydrogens (tertiary/aromatic N) is 3. The first-order chi connectivity index (χ1) is 15.7. The van der Waals surface area contributed by atoms with Gasteiger partial charge >= 0.3 is 0 Å². The summed E-state index contributed by atoms with van der Waals surface area (Å²) in [5.74, 6) is 1.72. The monoisotopic (exact) mass is 430 g/mol. The molecule has 1 amide bonds. The lowest BCUT2D eigenvalue weighted by Gasteiger charge is -2.13. The van der Waals surface area contributed by atoms with Crippen LogP contribution in [0.5, 0.6) is 11.5 Å². The summed E-state index contributed by atoms with van der Waals surface area (Å²) >= 11 is 0. The predicted octanol–water partition coefficient (Wildman–Crippen LogP) is 4.21. The molecule has 0 atom stereocenters. The minimum atomic E-state index is -0.208. The molecule has 1 N–H and O–H groups in total. The highest BCUT2D eigenvalue weighted by molar-refractivity contribution is 5.94. The molecule has 0 aliphatic rings. The number of rotatable bonds is 9. The second-order valence-electron chi connectivity index (χ2n) is 7.16. The number of ether oxygens (including phenoxy) is 2. The third-order valence-corrected chi connectivity index (χ3v) is 4.98. The van der Waals surface area contributed by atoms with Crippen LogP contribution in [0.3, 0.4) is 0 Å². The van der Waals surface area contributed by atoms with Crippen LogP contribution in [0.4, 0.5) is 0 Å². The molecular weight excluding hydrogens is 404 g/mol. The number of hydrogen-bond donors (Lipinski definition) is 1. The van der Waals surface area contributed by atoms with Gasteiger partial charge in [-0.2, -0.15) is 0 Å². The van der Waals surface area contributed by atoms with Gasteiger partial charge in [0.05, 0.1) is 26.3 Å². The van der Waals surface area contributed by atoms with Crippen LogP contribution in [0.15, 0.2) is 66.9 Å². The number of amides is 1. The fourth-order valence-corrected chi connectivity index (χ4v) is 3.53. The summed E-state index contributed by atoms with van der Waals surface area (Å²) in [4.78, 5) is 22.1. The maximum Gasteiger partial charge on any atom is 0.251 e. The Kier molecular flexibility index (Phi) is 6.65. The number of carbonyl (C=O) groups is 1. The maximum atomic E-state index is 12.9. The van der Waals surface area contributed by atoms with Crippen molar-refractivity contribution in [1.29, 1.82) is 0 Å². The Hall–Kier alpha value is -3.87. The van der Waals surface area contributed by atoms with Gasteiger partial charge in [-0.05, 0) is 49.7 Å². The van der Waals surface area contributed by atoms with Crippen molar-refractivity contribution in [3.63, 3.8) is 0 Å². The minimum Gasteiger partial charge on any atom is -0.490 e. The Morgan fingerprint density at radius 3 is 2.53 bits per heavy atom. The zero-order chi connectivity index (χ0) is 22.3. The van der Waals surface area contributed by atoms with Gasteiger partial charge in [-0.25, -0.2) is 9.97 Å². The van der Waals surface area contributed by atoms with Crippen LogP contribution in [0, 0.1) is 0 Å². The summed E-state index contributed by atoms with van der Waals surface area (Å²) in [7, 11) is 0. The lowest BCUT2D eigenvalue weighted by Crippen LogP contribution is -2.25. The first-order valence-corrected chi connectivity index (χ1v) is 10.7. The van der Waals surface area contributed by atoms with Crippen LogP contribution in [0.1, 0.15) is 35.6 Å². The standard InChI is InChI=1S/C25H26N4O3/c1-3-31-21-13-12-19(15-22(21)32-4-2)25(30)27-16-23-28-20-11-8-14-26-24(20)29(23)17-18-9-6-5-7-10-18/h5-15H,3-4,16-17H2,1-2H3,(H,27,30). The van der Waals surface area contributed by atoms with Crippen molar-refractivity contribution in [2.75, 3.05) is 13.2 Å². The Bertz CT molecular complexity index is 1200. The topological polar surface area (TPSA) is 78.3 Å². The highest BCUT2D eigenvalue weighted by Crippen LogP contribution is 2.28. The molecule has 7 heteroatoms. The molecular formula is C25H26N4O3. The van der Waals surface area contributed by atoms with Gasteiger partial charge in [-0.15, -0.1) is 0 Å². The predicted molar refractivity (Wildman–Crippen MR) is 123 cm³/mol. The summed E-state index contributed by atoms with van der Waals surface area (Å²) in [6.45, 7) is 5.72. The number of imidazole rings is 1. The van der Waals surface area contributed by atoms with E-state index in [0.29, 0.717) is 36.8 Å². The van der Waals surface area contributed by atoms with Gasteiger partial charge in [0.2, 0.25) is 0 Å². The average Bonchev–Trinajstić information content (AvgIpc) is 3.17. The second kappa shape index (κ2) is 9.96. The molecule has 0 unspecified atom stereocenters. The SMILES string of the molecule is CCOc1ccc(C(=O)NCc2nc3cccnc3n2Cc2ccccc2)cc1OCC. The molecule has 0 saturated heterocycles. The molecule has 0 bridgehead atoms. The van der Waals surface area contributed by atoms with Gasteiger partial charge in [0, 0.05) is 11.8 Å². The molecule has 0 aliphatic carbocycles. The number of fused-ring (bicyclic) bond motifs is 1. The van der Waals surface area contributed by atoms with Crippen molar-refractivity contribution in [3.05, 3.63) is 83.8 Å². The van der Waals surface area contributed by atoms with Crippen LogP contribution in [-0.4, -0.2) is 33.7 Å². The summed E-state index contributed by atoms with van der Waals surface area (Å²) in [6.07, 6.45) is 1.75. The van der Waals surface area contributed by atoms with Gasteiger partial charge in [0.25, 0.3) is 5.91 Å². The fourth-order valence-electron chi connectivity index (χ4n) is 3.53. The summed E-state index contributed by atoms with van der Waals surface area (Å²) in [6, 6.07) is 19.1. The number of pyridine rings is 1. The van der Waals surface area contributed by atoms with Crippen LogP contribution < -0.4 is 14.8 Å². The molecule has 0 fully saturated rings. The molecule has 2 aromatic heterocycles. The quantitative estimate of drug-likeness (QED) is 0.430. The summed E-state index contributed by atoms with van der Waals surface area (Å²) in [5.41, 5.74) is 3.23. The largest absolute Gasteiger partial charge is 0.490 e. The third-order valence-electron chi connectivity index (χ3n) is 4.98. The van der Waals surface area contributed by atoms with E-state index in [4.69, 9.17) is 14.5 Å². The number of carbonyl (C=O) groups excluding carboxylic acids is 1. The van der Waals surface area contributed by atoms with Gasteiger partial charge < -0.3 is 19.4 Å². The smallest absolute Gasteiger partial charge is 0.251 e. The molecule has 164 valence electrons. The zero-order valence-electron chi connectivity index (χ0n) is 18.2. The molecule has 0 saturated carbocycles. The van der Waals surface area contributed by atoms with Crippen molar-refractivity contribution in [3.8, 4) is 11.5 Å². The number of aromatic nitrogens is 3. The Morgan fingerprint density at radius 1 is 0.969 bits per heavy atom. The summed E-state index contributed by atoms with van der Waals surface area (Å²) < 4.78 is 13.3. The van der Waals surface area contributed by atoms with Gasteiger partial charge in [0.1, 0.15) is 11.3 Å². The summed E-state index contributed by atoms with van der Waals surface area (Å²) in [5, 5.41) is 2.98. The van der Waals surface area contributed by atoms with E-state index in [0.717, 1.165) is 22.6 Å². The van der Waals surface area contributed by atoms with Crippen LogP contribution in [0.25, 0.3) is 11.2 Å². The molecule has 7 nitrogen and oxygen atoms in total. The van der Waals surface area contributed by atoms with Gasteiger partial charge in [-0.1, -0.05) is 30.3 Å². The Balaban J connectivity index is 1.56. The molecule has 0 spiro atoms. The second-order valence-corrected chi connectivity index (χ2v) is 7.16. The average molecular weight is 431 g/mol. The minimum absolute atomic E-state index is 0.208. The number of hydrogen-bond acceptors (Lipinski definition) is 5. The van der Waals surface area contributed by atoms with Crippen molar-refractivity contribution in [1.82, 2.24) is 19.9 Å². The Labute approximate surface area is 187 Å². The van der Waals surface area contributed by atoms with Crippen molar-refractivity contribution in [2.24, 2.45) is 0 Å². The molecule has 4 aromatic rings. The van der Waals surface area contributed by atoms with E-state index >= 15 is 0 Å². The van der Waals surface area contributed by atoms with E-state index in [9.17, 15) is 4.79 Å². The van der Waals surface area contributed by atoms with Gasteiger partial charge in [0.15, 0.2) is 17.1 Å². The zero-order valence-corrected chi connectivity index (χ0v) is 18.2. The first-order valence-electron chi connectivity index (χ1n) is 10.7. The number of benzene rings is 2. The molecule has 32 heavy (non-hydrogen) atoms. The van der Waals surface area contributed by atoms with Crippen LogP contribution in [-0.2, 0) is 13.1 Å². The van der Waals surface area contributed by atoms with E-state index < -0.39 is 0 Å². The maximum absolute atomic E-state index is 12.9. The van der Waals surface area contributed by atoms with Crippen molar-refractivity contribution in [2.45, 2.75) is 26.9 Å². The van der Waals surface area contributed by atoms with Crippen LogP contribution >= 0.6 is 0 Å². The van der Waals surface area contributed by atoms with Crippen molar-refractivity contribution < 1.29 is 14.3 Å². The molecule has 0 aliphatic heterocycles. The van der Waals surface area contributed by atoms with Gasteiger partial charge in [-0.3, -0.25) is 4.79 Å². The molecule has 2 aromatic carbocycles. The van der Waals surface area contributed by atoms with Crippen molar-refractivity contribution >= 4 is 17.1 Å². The highest BCUT2D eigenvalue weighted by atomic mass is 16.5.